The van der Waals surface area contributed by atoms with Crippen LogP contribution in [0.1, 0.15) is 30.9 Å². The molecule has 0 aliphatic carbocycles. The highest BCUT2D eigenvalue weighted by Gasteiger charge is 2.24. The fraction of sp³-hybridized carbons (Fsp3) is 0.500. The van der Waals surface area contributed by atoms with Gasteiger partial charge in [-0.25, -0.2) is 0 Å². The van der Waals surface area contributed by atoms with Crippen LogP contribution >= 0.6 is 0 Å². The van der Waals surface area contributed by atoms with E-state index in [1.165, 1.54) is 11.1 Å². The predicted octanol–water partition coefficient (Wildman–Crippen LogP) is 2.45. The molecular formula is C14H19NO. The van der Waals surface area contributed by atoms with Gasteiger partial charge in [0.15, 0.2) is 0 Å². The Kier molecular flexibility index (Phi) is 3.28. The van der Waals surface area contributed by atoms with Gasteiger partial charge in [0, 0.05) is 12.0 Å². The van der Waals surface area contributed by atoms with Crippen LogP contribution in [-0.4, -0.2) is 11.9 Å². The molecule has 0 bridgehead atoms. The van der Waals surface area contributed by atoms with Crippen molar-refractivity contribution < 1.29 is 4.79 Å². The summed E-state index contributed by atoms with van der Waals surface area (Å²) >= 11 is 0. The predicted molar refractivity (Wildman–Crippen MR) is 65.2 cm³/mol. The molecule has 2 heteroatoms. The monoisotopic (exact) mass is 217 g/mol. The number of nitrogens with one attached hydrogen (secondary N) is 1. The van der Waals surface area contributed by atoms with Crippen LogP contribution in [0.5, 0.6) is 0 Å². The first kappa shape index (κ1) is 11.2. The van der Waals surface area contributed by atoms with Gasteiger partial charge < -0.3 is 5.32 Å². The summed E-state index contributed by atoms with van der Waals surface area (Å²) in [5, 5.41) is 3.10. The van der Waals surface area contributed by atoms with E-state index >= 15 is 0 Å². The molecule has 16 heavy (non-hydrogen) atoms. The summed E-state index contributed by atoms with van der Waals surface area (Å²) in [6, 6.07) is 8.72. The first-order valence-electron chi connectivity index (χ1n) is 6.01. The van der Waals surface area contributed by atoms with Crippen LogP contribution in [0.4, 0.5) is 0 Å². The number of hydrogen-bond donors (Lipinski definition) is 1. The highest BCUT2D eigenvalue weighted by molar-refractivity contribution is 5.79. The van der Waals surface area contributed by atoms with E-state index < -0.39 is 0 Å². The Morgan fingerprint density at radius 3 is 2.75 bits per heavy atom. The van der Waals surface area contributed by atoms with E-state index in [9.17, 15) is 4.79 Å². The lowest BCUT2D eigenvalue weighted by Gasteiger charge is -2.27. The topological polar surface area (TPSA) is 29.1 Å². The van der Waals surface area contributed by atoms with Crippen LogP contribution < -0.4 is 5.32 Å². The summed E-state index contributed by atoms with van der Waals surface area (Å²) < 4.78 is 0. The number of benzene rings is 1. The maximum absolute atomic E-state index is 11.6. The quantitative estimate of drug-likeness (QED) is 0.810. The molecule has 2 nitrogen and oxygen atoms in total. The van der Waals surface area contributed by atoms with Crippen LogP contribution in [-0.2, 0) is 11.2 Å². The van der Waals surface area contributed by atoms with Gasteiger partial charge in [-0.05, 0) is 37.3 Å². The molecular weight excluding hydrogens is 198 g/mol. The summed E-state index contributed by atoms with van der Waals surface area (Å²) in [4.78, 5) is 11.6. The highest BCUT2D eigenvalue weighted by Crippen LogP contribution is 2.19. The number of piperidine rings is 1. The van der Waals surface area contributed by atoms with Crippen LogP contribution in [0.3, 0.4) is 0 Å². The molecule has 2 unspecified atom stereocenters. The maximum Gasteiger partial charge on any atom is 0.223 e. The Bertz CT molecular complexity index is 386. The van der Waals surface area contributed by atoms with Gasteiger partial charge in [0.25, 0.3) is 0 Å². The fourth-order valence-electron chi connectivity index (χ4n) is 2.26. The van der Waals surface area contributed by atoms with Gasteiger partial charge in [-0.2, -0.15) is 0 Å². The van der Waals surface area contributed by atoms with E-state index in [-0.39, 0.29) is 11.8 Å². The number of aryl methyl sites for hydroxylation is 1. The van der Waals surface area contributed by atoms with Gasteiger partial charge in [0.1, 0.15) is 0 Å². The normalized spacial score (nSPS) is 25.2. The molecule has 86 valence electrons. The fourth-order valence-corrected chi connectivity index (χ4v) is 2.26. The van der Waals surface area contributed by atoms with E-state index in [1.54, 1.807) is 0 Å². The van der Waals surface area contributed by atoms with Crippen molar-refractivity contribution in [2.75, 3.05) is 0 Å². The Morgan fingerprint density at radius 2 is 2.06 bits per heavy atom. The van der Waals surface area contributed by atoms with Crippen LogP contribution in [0.2, 0.25) is 0 Å². The third kappa shape index (κ3) is 2.43. The minimum Gasteiger partial charge on any atom is -0.353 e. The van der Waals surface area contributed by atoms with Crippen molar-refractivity contribution in [2.45, 2.75) is 39.2 Å². The molecule has 1 aliphatic heterocycles. The molecule has 0 saturated carbocycles. The largest absolute Gasteiger partial charge is 0.353 e. The number of hydrogen-bond acceptors (Lipinski definition) is 1. The minimum atomic E-state index is 0.188. The van der Waals surface area contributed by atoms with E-state index in [4.69, 9.17) is 0 Å². The number of amides is 1. The average Bonchev–Trinajstić information content (AvgIpc) is 2.27. The Hall–Kier alpha value is -1.31. The highest BCUT2D eigenvalue weighted by atomic mass is 16.2. The van der Waals surface area contributed by atoms with E-state index in [2.05, 4.69) is 36.5 Å². The van der Waals surface area contributed by atoms with E-state index in [0.717, 1.165) is 19.3 Å². The van der Waals surface area contributed by atoms with Gasteiger partial charge in [-0.1, -0.05) is 31.2 Å². The molecule has 1 amide bonds. The molecule has 2 rings (SSSR count). The number of carbonyl (C=O) groups is 1. The molecule has 1 heterocycles. The molecule has 1 aromatic rings. The van der Waals surface area contributed by atoms with Crippen molar-refractivity contribution in [2.24, 2.45) is 5.92 Å². The van der Waals surface area contributed by atoms with Crippen molar-refractivity contribution >= 4 is 5.91 Å². The van der Waals surface area contributed by atoms with Gasteiger partial charge >= 0.3 is 0 Å². The second-order valence-electron chi connectivity index (χ2n) is 4.81. The molecule has 0 radical (unpaired) electrons. The summed E-state index contributed by atoms with van der Waals surface area (Å²) in [6.07, 6.45) is 3.08. The molecule has 1 N–H and O–H groups in total. The SMILES string of the molecule is Cc1ccccc1CC1CCC(C)C(=O)N1. The van der Waals surface area contributed by atoms with Crippen molar-refractivity contribution in [3.05, 3.63) is 35.4 Å². The third-order valence-electron chi connectivity index (χ3n) is 3.47. The lowest BCUT2D eigenvalue weighted by molar-refractivity contribution is -0.127. The minimum absolute atomic E-state index is 0.188. The summed E-state index contributed by atoms with van der Waals surface area (Å²) in [5.74, 6) is 0.401. The number of rotatable bonds is 2. The maximum atomic E-state index is 11.6. The smallest absolute Gasteiger partial charge is 0.223 e. The summed E-state index contributed by atoms with van der Waals surface area (Å²) in [6.45, 7) is 4.13. The van der Waals surface area contributed by atoms with Crippen LogP contribution in [0.25, 0.3) is 0 Å². The van der Waals surface area contributed by atoms with Gasteiger partial charge in [0.05, 0.1) is 0 Å². The Morgan fingerprint density at radius 1 is 1.31 bits per heavy atom. The molecule has 0 spiro atoms. The molecule has 1 aliphatic rings. The molecule has 2 atom stereocenters. The lowest BCUT2D eigenvalue weighted by Crippen LogP contribution is -2.44. The summed E-state index contributed by atoms with van der Waals surface area (Å²) in [7, 11) is 0. The van der Waals surface area contributed by atoms with Gasteiger partial charge in [-0.15, -0.1) is 0 Å². The van der Waals surface area contributed by atoms with Crippen molar-refractivity contribution in [1.29, 1.82) is 0 Å². The van der Waals surface area contributed by atoms with Gasteiger partial charge in [0.2, 0.25) is 5.91 Å². The zero-order valence-electron chi connectivity index (χ0n) is 9.99. The lowest BCUT2D eigenvalue weighted by atomic mass is 9.91. The second-order valence-corrected chi connectivity index (χ2v) is 4.81. The first-order chi connectivity index (χ1) is 7.66. The molecule has 1 aromatic carbocycles. The first-order valence-corrected chi connectivity index (χ1v) is 6.01. The number of carbonyl (C=O) groups excluding carboxylic acids is 1. The third-order valence-corrected chi connectivity index (χ3v) is 3.47. The Balaban J connectivity index is 2.01. The van der Waals surface area contributed by atoms with Crippen molar-refractivity contribution in [1.82, 2.24) is 5.32 Å². The van der Waals surface area contributed by atoms with E-state index in [1.807, 2.05) is 6.92 Å². The zero-order chi connectivity index (χ0) is 11.5. The Labute approximate surface area is 97.1 Å². The van der Waals surface area contributed by atoms with Crippen molar-refractivity contribution in [3.63, 3.8) is 0 Å². The zero-order valence-corrected chi connectivity index (χ0v) is 9.99. The molecule has 1 fully saturated rings. The van der Waals surface area contributed by atoms with Crippen molar-refractivity contribution in [3.8, 4) is 0 Å². The van der Waals surface area contributed by atoms with Crippen LogP contribution in [0, 0.1) is 12.8 Å². The van der Waals surface area contributed by atoms with E-state index in [0.29, 0.717) is 6.04 Å². The standard InChI is InChI=1S/C14H19NO/c1-10-5-3-4-6-12(10)9-13-8-7-11(2)14(16)15-13/h3-6,11,13H,7-9H2,1-2H3,(H,15,16). The summed E-state index contributed by atoms with van der Waals surface area (Å²) in [5.41, 5.74) is 2.66. The molecule has 0 aromatic heterocycles. The van der Waals surface area contributed by atoms with Gasteiger partial charge in [-0.3, -0.25) is 4.79 Å². The molecule has 1 saturated heterocycles. The van der Waals surface area contributed by atoms with Crippen LogP contribution in [0.15, 0.2) is 24.3 Å². The average molecular weight is 217 g/mol. The second kappa shape index (κ2) is 4.69.